The van der Waals surface area contributed by atoms with Crippen LogP contribution >= 0.6 is 0 Å². The quantitative estimate of drug-likeness (QED) is 0.842. The number of halogens is 2. The van der Waals surface area contributed by atoms with Crippen molar-refractivity contribution in [3.8, 4) is 5.75 Å². The van der Waals surface area contributed by atoms with Crippen molar-refractivity contribution in [1.29, 1.82) is 0 Å². The summed E-state index contributed by atoms with van der Waals surface area (Å²) in [5, 5.41) is 2.46. The molecule has 0 saturated carbocycles. The second kappa shape index (κ2) is 7.68. The van der Waals surface area contributed by atoms with Crippen LogP contribution in [0, 0.1) is 17.6 Å². The molecule has 0 fully saturated rings. The molecule has 120 valence electrons. The number of nitrogens with one attached hydrogen (secondary N) is 1. The average Bonchev–Trinajstić information content (AvgIpc) is 2.47. The van der Waals surface area contributed by atoms with Crippen molar-refractivity contribution < 1.29 is 23.1 Å². The first-order valence-electron chi connectivity index (χ1n) is 6.77. The molecular weight excluding hydrogens is 292 g/mol. The Morgan fingerprint density at radius 3 is 2.50 bits per heavy atom. The molecule has 0 aliphatic rings. The first-order chi connectivity index (χ1) is 10.3. The number of amides is 1. The van der Waals surface area contributed by atoms with Gasteiger partial charge in [0.1, 0.15) is 6.61 Å². The number of carbonyl (C=O) groups excluding carboxylic acids is 2. The van der Waals surface area contributed by atoms with Gasteiger partial charge in [-0.25, -0.2) is 4.39 Å². The van der Waals surface area contributed by atoms with Crippen LogP contribution in [0.15, 0.2) is 18.7 Å². The fourth-order valence-corrected chi connectivity index (χ4v) is 1.84. The van der Waals surface area contributed by atoms with Crippen molar-refractivity contribution in [2.75, 3.05) is 13.7 Å². The standard InChI is InChI=1S/C16H19F2NO3/c1-9(7-14(21)19-4)11(3)12-5-6-13(16(18)15(12)17)22-8-10(2)20/h5-6,9H,3,7-8H2,1-2,4H3,(H,19,21). The van der Waals surface area contributed by atoms with Crippen LogP contribution in [-0.2, 0) is 9.59 Å². The maximum Gasteiger partial charge on any atom is 0.220 e. The normalized spacial score (nSPS) is 11.7. The molecule has 1 atom stereocenters. The SMILES string of the molecule is C=C(c1ccc(OCC(C)=O)c(F)c1F)C(C)CC(=O)NC. The van der Waals surface area contributed by atoms with Gasteiger partial charge in [0.2, 0.25) is 11.7 Å². The number of allylic oxidation sites excluding steroid dienone is 1. The Morgan fingerprint density at radius 2 is 1.95 bits per heavy atom. The number of rotatable bonds is 7. The van der Waals surface area contributed by atoms with E-state index in [4.69, 9.17) is 4.74 Å². The van der Waals surface area contributed by atoms with Gasteiger partial charge in [0.15, 0.2) is 17.3 Å². The summed E-state index contributed by atoms with van der Waals surface area (Å²) in [5.41, 5.74) is 0.308. The van der Waals surface area contributed by atoms with E-state index in [0.717, 1.165) is 0 Å². The van der Waals surface area contributed by atoms with E-state index < -0.39 is 11.6 Å². The third-order valence-corrected chi connectivity index (χ3v) is 3.19. The molecule has 22 heavy (non-hydrogen) atoms. The third-order valence-electron chi connectivity index (χ3n) is 3.19. The molecule has 0 aliphatic carbocycles. The van der Waals surface area contributed by atoms with Gasteiger partial charge in [-0.2, -0.15) is 4.39 Å². The molecule has 0 aromatic heterocycles. The second-order valence-corrected chi connectivity index (χ2v) is 5.03. The highest BCUT2D eigenvalue weighted by atomic mass is 19.2. The van der Waals surface area contributed by atoms with E-state index in [1.807, 2.05) is 0 Å². The lowest BCUT2D eigenvalue weighted by atomic mass is 9.92. The lowest BCUT2D eigenvalue weighted by molar-refractivity contribution is -0.121. The summed E-state index contributed by atoms with van der Waals surface area (Å²) in [6, 6.07) is 2.57. The largest absolute Gasteiger partial charge is 0.483 e. The summed E-state index contributed by atoms with van der Waals surface area (Å²) in [7, 11) is 1.50. The number of Topliss-reactive ketones (excluding diaryl/α,β-unsaturated/α-hetero) is 1. The zero-order chi connectivity index (χ0) is 16.9. The van der Waals surface area contributed by atoms with Gasteiger partial charge >= 0.3 is 0 Å². The Balaban J connectivity index is 2.97. The van der Waals surface area contributed by atoms with Crippen molar-refractivity contribution in [2.45, 2.75) is 20.3 Å². The average molecular weight is 311 g/mol. The van der Waals surface area contributed by atoms with E-state index in [2.05, 4.69) is 11.9 Å². The monoisotopic (exact) mass is 311 g/mol. The Bertz CT molecular complexity index is 599. The summed E-state index contributed by atoms with van der Waals surface area (Å²) >= 11 is 0. The molecule has 0 spiro atoms. The summed E-state index contributed by atoms with van der Waals surface area (Å²) in [6.07, 6.45) is 0.124. The molecule has 1 amide bonds. The highest BCUT2D eigenvalue weighted by molar-refractivity contribution is 5.79. The van der Waals surface area contributed by atoms with Crippen LogP contribution in [-0.4, -0.2) is 25.3 Å². The zero-order valence-corrected chi connectivity index (χ0v) is 12.8. The Labute approximate surface area is 128 Å². The van der Waals surface area contributed by atoms with Crippen LogP contribution in [0.2, 0.25) is 0 Å². The van der Waals surface area contributed by atoms with Gasteiger partial charge < -0.3 is 10.1 Å². The van der Waals surface area contributed by atoms with Crippen LogP contribution in [0.3, 0.4) is 0 Å². The molecule has 1 rings (SSSR count). The molecule has 1 unspecified atom stereocenters. The second-order valence-electron chi connectivity index (χ2n) is 5.03. The predicted molar refractivity (Wildman–Crippen MR) is 79.4 cm³/mol. The minimum Gasteiger partial charge on any atom is -0.483 e. The molecule has 4 nitrogen and oxygen atoms in total. The van der Waals surface area contributed by atoms with E-state index in [1.165, 1.54) is 26.1 Å². The molecule has 0 heterocycles. The summed E-state index contributed by atoms with van der Waals surface area (Å²) < 4.78 is 32.9. The van der Waals surface area contributed by atoms with Gasteiger partial charge in [-0.05, 0) is 30.5 Å². The van der Waals surface area contributed by atoms with Crippen LogP contribution in [0.25, 0.3) is 5.57 Å². The third kappa shape index (κ3) is 4.38. The summed E-state index contributed by atoms with van der Waals surface area (Å²) in [5.74, 6) is -3.47. The van der Waals surface area contributed by atoms with Crippen LogP contribution in [0.5, 0.6) is 5.75 Å². The smallest absolute Gasteiger partial charge is 0.220 e. The number of ether oxygens (including phenoxy) is 1. The first kappa shape index (κ1) is 17.8. The topological polar surface area (TPSA) is 55.4 Å². The van der Waals surface area contributed by atoms with Crippen molar-refractivity contribution >= 4 is 17.3 Å². The van der Waals surface area contributed by atoms with Gasteiger partial charge in [0, 0.05) is 19.0 Å². The van der Waals surface area contributed by atoms with Crippen LogP contribution in [0.1, 0.15) is 25.8 Å². The molecule has 0 aliphatic heterocycles. The number of hydrogen-bond donors (Lipinski definition) is 1. The number of hydrogen-bond acceptors (Lipinski definition) is 3. The molecular formula is C16H19F2NO3. The lowest BCUT2D eigenvalue weighted by Gasteiger charge is -2.16. The molecule has 1 aromatic carbocycles. The van der Waals surface area contributed by atoms with E-state index in [-0.39, 0.29) is 41.9 Å². The fraction of sp³-hybridized carbons (Fsp3) is 0.375. The zero-order valence-electron chi connectivity index (χ0n) is 12.8. The van der Waals surface area contributed by atoms with Gasteiger partial charge in [-0.3, -0.25) is 9.59 Å². The van der Waals surface area contributed by atoms with Crippen molar-refractivity contribution in [3.05, 3.63) is 35.9 Å². The lowest BCUT2D eigenvalue weighted by Crippen LogP contribution is -2.20. The molecule has 0 saturated heterocycles. The van der Waals surface area contributed by atoms with E-state index >= 15 is 0 Å². The molecule has 6 heteroatoms. The summed E-state index contributed by atoms with van der Waals surface area (Å²) in [6.45, 7) is 6.39. The maximum atomic E-state index is 14.1. The van der Waals surface area contributed by atoms with Gasteiger partial charge in [-0.1, -0.05) is 13.5 Å². The van der Waals surface area contributed by atoms with Crippen LogP contribution < -0.4 is 10.1 Å². The fourth-order valence-electron chi connectivity index (χ4n) is 1.84. The first-order valence-corrected chi connectivity index (χ1v) is 6.77. The van der Waals surface area contributed by atoms with Gasteiger partial charge in [0.25, 0.3) is 0 Å². The van der Waals surface area contributed by atoms with Crippen molar-refractivity contribution in [2.24, 2.45) is 5.92 Å². The highest BCUT2D eigenvalue weighted by Crippen LogP contribution is 2.31. The molecule has 1 aromatic rings. The van der Waals surface area contributed by atoms with Crippen LogP contribution in [0.4, 0.5) is 8.78 Å². The van der Waals surface area contributed by atoms with E-state index in [0.29, 0.717) is 5.57 Å². The van der Waals surface area contributed by atoms with E-state index in [9.17, 15) is 18.4 Å². The van der Waals surface area contributed by atoms with Crippen molar-refractivity contribution in [1.82, 2.24) is 5.32 Å². The molecule has 0 radical (unpaired) electrons. The highest BCUT2D eigenvalue weighted by Gasteiger charge is 2.20. The maximum absolute atomic E-state index is 14.1. The van der Waals surface area contributed by atoms with Gasteiger partial charge in [-0.15, -0.1) is 0 Å². The minimum absolute atomic E-state index is 0.0101. The molecule has 0 bridgehead atoms. The minimum atomic E-state index is -1.17. The Morgan fingerprint density at radius 1 is 1.32 bits per heavy atom. The van der Waals surface area contributed by atoms with E-state index in [1.54, 1.807) is 6.92 Å². The number of carbonyl (C=O) groups is 2. The van der Waals surface area contributed by atoms with Gasteiger partial charge in [0.05, 0.1) is 0 Å². The van der Waals surface area contributed by atoms with Crippen molar-refractivity contribution in [3.63, 3.8) is 0 Å². The summed E-state index contributed by atoms with van der Waals surface area (Å²) in [4.78, 5) is 22.2. The molecule has 1 N–H and O–H groups in total. The Kier molecular flexibility index (Phi) is 6.22. The Hall–Kier alpha value is -2.24. The predicted octanol–water partition coefficient (Wildman–Crippen LogP) is 2.72. The number of benzene rings is 1. The number of ketones is 1.